The van der Waals surface area contributed by atoms with Crippen molar-refractivity contribution in [3.63, 3.8) is 0 Å². The van der Waals surface area contributed by atoms with Crippen LogP contribution in [0.1, 0.15) is 39.3 Å². The number of thiazole rings is 1. The number of amides is 1. The number of hydrogen-bond acceptors (Lipinski definition) is 5. The first-order valence-corrected chi connectivity index (χ1v) is 9.42. The van der Waals surface area contributed by atoms with Crippen LogP contribution in [0.25, 0.3) is 4.96 Å². The standard InChI is InChI=1S/C19H19N3O3S/c1-25-13-8-6-12(7-9-13)10-20-17(23)14-11-21-19-22(18(14)24)15-4-2-3-5-16(15)26-19/h6-9,11H,2-5,10H2,1H3,(H,20,23). The van der Waals surface area contributed by atoms with Crippen molar-refractivity contribution in [2.45, 2.75) is 32.2 Å². The Bertz CT molecular complexity index is 1020. The summed E-state index contributed by atoms with van der Waals surface area (Å²) >= 11 is 1.56. The highest BCUT2D eigenvalue weighted by atomic mass is 32.1. The maximum atomic E-state index is 12.9. The Kier molecular flexibility index (Phi) is 4.46. The molecule has 4 rings (SSSR count). The van der Waals surface area contributed by atoms with Gasteiger partial charge >= 0.3 is 0 Å². The topological polar surface area (TPSA) is 72.7 Å². The third kappa shape index (κ3) is 2.99. The molecule has 0 saturated carbocycles. The van der Waals surface area contributed by atoms with Gasteiger partial charge in [0.2, 0.25) is 0 Å². The van der Waals surface area contributed by atoms with Crippen LogP contribution in [0.5, 0.6) is 5.75 Å². The van der Waals surface area contributed by atoms with E-state index in [-0.39, 0.29) is 11.1 Å². The molecule has 134 valence electrons. The third-order valence-electron chi connectivity index (χ3n) is 4.66. The molecule has 0 saturated heterocycles. The Hall–Kier alpha value is -2.67. The lowest BCUT2D eigenvalue weighted by molar-refractivity contribution is 0.0949. The molecule has 1 aliphatic carbocycles. The Morgan fingerprint density at radius 3 is 2.81 bits per heavy atom. The van der Waals surface area contributed by atoms with Crippen LogP contribution in [0, 0.1) is 0 Å². The molecule has 0 bridgehead atoms. The lowest BCUT2D eigenvalue weighted by Crippen LogP contribution is -2.31. The number of aryl methyl sites for hydroxylation is 2. The fourth-order valence-corrected chi connectivity index (χ4v) is 4.41. The van der Waals surface area contributed by atoms with E-state index in [0.29, 0.717) is 11.5 Å². The largest absolute Gasteiger partial charge is 0.497 e. The van der Waals surface area contributed by atoms with Crippen LogP contribution in [0.2, 0.25) is 0 Å². The molecule has 0 radical (unpaired) electrons. The van der Waals surface area contributed by atoms with Crippen molar-refractivity contribution in [1.82, 2.24) is 14.7 Å². The fourth-order valence-electron chi connectivity index (χ4n) is 3.25. The van der Waals surface area contributed by atoms with Crippen molar-refractivity contribution >= 4 is 22.2 Å². The summed E-state index contributed by atoms with van der Waals surface area (Å²) in [5.74, 6) is 0.360. The average Bonchev–Trinajstić information content (AvgIpc) is 3.06. The molecule has 2 aromatic heterocycles. The first kappa shape index (κ1) is 16.8. The number of fused-ring (bicyclic) bond motifs is 3. The van der Waals surface area contributed by atoms with Gasteiger partial charge in [-0.15, -0.1) is 11.3 Å². The second-order valence-corrected chi connectivity index (χ2v) is 7.37. The normalized spacial score (nSPS) is 13.4. The van der Waals surface area contributed by atoms with E-state index in [1.54, 1.807) is 22.8 Å². The molecule has 7 heteroatoms. The smallest absolute Gasteiger partial charge is 0.271 e. The van der Waals surface area contributed by atoms with Crippen molar-refractivity contribution in [1.29, 1.82) is 0 Å². The molecule has 1 aliphatic rings. The van der Waals surface area contributed by atoms with Crippen molar-refractivity contribution < 1.29 is 9.53 Å². The number of carbonyl (C=O) groups is 1. The average molecular weight is 369 g/mol. The number of methoxy groups -OCH3 is 1. The molecule has 1 aromatic carbocycles. The van der Waals surface area contributed by atoms with Gasteiger partial charge in [-0.25, -0.2) is 4.98 Å². The summed E-state index contributed by atoms with van der Waals surface area (Å²) in [7, 11) is 1.61. The highest BCUT2D eigenvalue weighted by Crippen LogP contribution is 2.28. The molecule has 0 fully saturated rings. The Morgan fingerprint density at radius 2 is 2.04 bits per heavy atom. The van der Waals surface area contributed by atoms with E-state index >= 15 is 0 Å². The van der Waals surface area contributed by atoms with Crippen LogP contribution in [0.3, 0.4) is 0 Å². The van der Waals surface area contributed by atoms with E-state index < -0.39 is 5.91 Å². The summed E-state index contributed by atoms with van der Waals surface area (Å²) in [6, 6.07) is 7.43. The molecule has 26 heavy (non-hydrogen) atoms. The minimum Gasteiger partial charge on any atom is -0.497 e. The molecule has 1 amide bonds. The van der Waals surface area contributed by atoms with Gasteiger partial charge < -0.3 is 10.1 Å². The van der Waals surface area contributed by atoms with Crippen molar-refractivity contribution in [3.8, 4) is 5.75 Å². The Morgan fingerprint density at radius 1 is 1.27 bits per heavy atom. The summed E-state index contributed by atoms with van der Waals surface area (Å²) in [5.41, 5.74) is 1.77. The fraction of sp³-hybridized carbons (Fsp3) is 0.316. The molecular formula is C19H19N3O3S. The van der Waals surface area contributed by atoms with E-state index in [2.05, 4.69) is 10.3 Å². The molecular weight excluding hydrogens is 350 g/mol. The van der Waals surface area contributed by atoms with Gasteiger partial charge in [-0.2, -0.15) is 0 Å². The number of ether oxygens (including phenoxy) is 1. The summed E-state index contributed by atoms with van der Waals surface area (Å²) in [6.45, 7) is 0.340. The number of carbonyl (C=O) groups excluding carboxylic acids is 1. The summed E-state index contributed by atoms with van der Waals surface area (Å²) in [6.07, 6.45) is 5.46. The van der Waals surface area contributed by atoms with Gasteiger partial charge in [-0.1, -0.05) is 12.1 Å². The van der Waals surface area contributed by atoms with Crippen LogP contribution in [-0.2, 0) is 19.4 Å². The zero-order valence-corrected chi connectivity index (χ0v) is 15.3. The molecule has 0 unspecified atom stereocenters. The highest BCUT2D eigenvalue weighted by Gasteiger charge is 2.21. The predicted octanol–water partition coefficient (Wildman–Crippen LogP) is 2.57. The quantitative estimate of drug-likeness (QED) is 0.767. The second-order valence-electron chi connectivity index (χ2n) is 6.30. The van der Waals surface area contributed by atoms with Crippen LogP contribution in [-0.4, -0.2) is 22.4 Å². The van der Waals surface area contributed by atoms with Gasteiger partial charge in [-0.05, 0) is 43.4 Å². The first-order valence-electron chi connectivity index (χ1n) is 8.61. The Balaban J connectivity index is 1.58. The van der Waals surface area contributed by atoms with E-state index in [0.717, 1.165) is 42.7 Å². The number of nitrogens with one attached hydrogen (secondary N) is 1. The maximum absolute atomic E-state index is 12.9. The van der Waals surface area contributed by atoms with Crippen molar-refractivity contribution in [3.05, 3.63) is 62.5 Å². The van der Waals surface area contributed by atoms with Gasteiger partial charge in [0.15, 0.2) is 4.96 Å². The van der Waals surface area contributed by atoms with E-state index in [1.807, 2.05) is 24.3 Å². The summed E-state index contributed by atoms with van der Waals surface area (Å²) in [4.78, 5) is 31.6. The van der Waals surface area contributed by atoms with Gasteiger partial charge in [0.25, 0.3) is 11.5 Å². The molecule has 2 heterocycles. The number of benzene rings is 1. The third-order valence-corrected chi connectivity index (χ3v) is 5.82. The van der Waals surface area contributed by atoms with Crippen molar-refractivity contribution in [2.75, 3.05) is 7.11 Å². The minimum atomic E-state index is -0.400. The van der Waals surface area contributed by atoms with Crippen LogP contribution < -0.4 is 15.6 Å². The minimum absolute atomic E-state index is 0.0854. The first-order chi connectivity index (χ1) is 12.7. The SMILES string of the molecule is COc1ccc(CNC(=O)c2cnc3sc4c(n3c2=O)CCCC4)cc1. The van der Waals surface area contributed by atoms with Gasteiger partial charge in [0, 0.05) is 23.3 Å². The number of rotatable bonds is 4. The van der Waals surface area contributed by atoms with E-state index in [1.165, 1.54) is 11.1 Å². The van der Waals surface area contributed by atoms with E-state index in [9.17, 15) is 9.59 Å². The predicted molar refractivity (Wildman–Crippen MR) is 100 cm³/mol. The molecule has 0 atom stereocenters. The molecule has 6 nitrogen and oxygen atoms in total. The number of aromatic nitrogens is 2. The molecule has 0 aliphatic heterocycles. The van der Waals surface area contributed by atoms with Crippen LogP contribution in [0.4, 0.5) is 0 Å². The Labute approximate surface area is 154 Å². The van der Waals surface area contributed by atoms with Gasteiger partial charge in [0.05, 0.1) is 7.11 Å². The lowest BCUT2D eigenvalue weighted by Gasteiger charge is -2.10. The van der Waals surface area contributed by atoms with Crippen molar-refractivity contribution in [2.24, 2.45) is 0 Å². The van der Waals surface area contributed by atoms with Gasteiger partial charge in [0.1, 0.15) is 11.3 Å². The molecule has 0 spiro atoms. The summed E-state index contributed by atoms with van der Waals surface area (Å²) in [5, 5.41) is 2.80. The zero-order chi connectivity index (χ0) is 18.1. The molecule has 3 aromatic rings. The zero-order valence-electron chi connectivity index (χ0n) is 14.4. The number of nitrogens with zero attached hydrogens (tertiary/aromatic N) is 2. The second kappa shape index (κ2) is 6.92. The number of hydrogen-bond donors (Lipinski definition) is 1. The van der Waals surface area contributed by atoms with Gasteiger partial charge in [-0.3, -0.25) is 14.0 Å². The monoisotopic (exact) mass is 369 g/mol. The molecule has 1 N–H and O–H groups in total. The van der Waals surface area contributed by atoms with Crippen LogP contribution in [0.15, 0.2) is 35.3 Å². The highest BCUT2D eigenvalue weighted by molar-refractivity contribution is 7.17. The lowest BCUT2D eigenvalue weighted by atomic mass is 10.0. The maximum Gasteiger partial charge on any atom is 0.271 e. The van der Waals surface area contributed by atoms with E-state index in [4.69, 9.17) is 4.74 Å². The summed E-state index contributed by atoms with van der Waals surface area (Å²) < 4.78 is 6.75. The van der Waals surface area contributed by atoms with Crippen LogP contribution >= 0.6 is 11.3 Å².